The van der Waals surface area contributed by atoms with E-state index in [9.17, 15) is 0 Å². The van der Waals surface area contributed by atoms with Gasteiger partial charge in [0, 0.05) is 16.2 Å². The van der Waals surface area contributed by atoms with Gasteiger partial charge in [-0.15, -0.1) is 0 Å². The number of fused-ring (bicyclic) bond motifs is 9. The van der Waals surface area contributed by atoms with Crippen molar-refractivity contribution in [2.45, 2.75) is 363 Å². The van der Waals surface area contributed by atoms with Crippen molar-refractivity contribution in [1.29, 1.82) is 0 Å². The fourth-order valence-corrected chi connectivity index (χ4v) is 11.9. The molecule has 0 saturated heterocycles. The molecule has 0 atom stereocenters. The van der Waals surface area contributed by atoms with Crippen LogP contribution >= 0.6 is 0 Å². The van der Waals surface area contributed by atoms with Crippen molar-refractivity contribution in [3.8, 4) is 33.4 Å². The van der Waals surface area contributed by atoms with Crippen LogP contribution < -0.4 is 0 Å². The molecule has 0 bridgehead atoms. The Labute approximate surface area is 895 Å². The molecule has 15 aromatic carbocycles. The number of aryl methyl sites for hydroxylation is 3. The maximum atomic E-state index is 2.30. The van der Waals surface area contributed by atoms with Crippen molar-refractivity contribution in [3.05, 3.63) is 505 Å². The van der Waals surface area contributed by atoms with Gasteiger partial charge in [0.25, 0.3) is 0 Å². The second-order valence-electron chi connectivity index (χ2n) is 27.5. The summed E-state index contributed by atoms with van der Waals surface area (Å²) in [5, 5.41) is 0. The zero-order valence-electron chi connectivity index (χ0n) is 98.7. The third-order valence-electron chi connectivity index (χ3n) is 17.3. The molecule has 3 aliphatic carbocycles. The average molecular weight is 1950 g/mol. The Hall–Kier alpha value is -11.7. The summed E-state index contributed by atoms with van der Waals surface area (Å²) in [6.45, 7) is 92.6. The second-order valence-corrected chi connectivity index (χ2v) is 27.5. The Bertz CT molecular complexity index is 3730. The minimum Gasteiger partial charge on any atom is -0.0776 e. The SMILES string of the molecule is C.C.C.CC.CC.CC.CC.CC.CC.CC.CC.CC.CC.CC.CC.CC.CC.CC.CC.CC1(C)c2ccccc2-c2ccccc21.CC1(C)c2ccccc2-c2ccccc21.CC1(C)c2ccccc2-c2ccccc21.CCC.CCC.Cc1ccccc1.Cc1ccccc1.Cc1ccccc1.c1ccccc1.c1ccccc1.c1ccccc1.c1ccccc1.c1ccccc1.c1ccccc1. The minimum atomic E-state index is 0. The smallest absolute Gasteiger partial charge is 0.0158 e. The fourth-order valence-electron chi connectivity index (χ4n) is 11.9. The van der Waals surface area contributed by atoms with Gasteiger partial charge >= 0.3 is 0 Å². The normalized spacial score (nSPS) is 9.21. The van der Waals surface area contributed by atoms with Crippen molar-refractivity contribution in [3.63, 3.8) is 0 Å². The van der Waals surface area contributed by atoms with Crippen LogP contribution in [0.1, 0.15) is 376 Å². The first-order chi connectivity index (χ1) is 68.6. The first kappa shape index (κ1) is 165. The van der Waals surface area contributed by atoms with E-state index in [4.69, 9.17) is 0 Å². The fraction of sp³-hybridized carbons (Fsp3) is 0.371. The van der Waals surface area contributed by atoms with Gasteiger partial charge in [-0.2, -0.15) is 0 Å². The molecule has 3 aliphatic rings. The summed E-state index contributed by atoms with van der Waals surface area (Å²) in [5.41, 5.74) is 21.6. The molecule has 0 aromatic heterocycles. The molecule has 0 radical (unpaired) electrons. The van der Waals surface area contributed by atoms with E-state index in [1.54, 1.807) is 0 Å². The van der Waals surface area contributed by atoms with Crippen LogP contribution in [0.2, 0.25) is 0 Å². The minimum absolute atomic E-state index is 0. The van der Waals surface area contributed by atoms with Crippen molar-refractivity contribution >= 4 is 0 Å². The van der Waals surface area contributed by atoms with E-state index < -0.39 is 0 Å². The lowest BCUT2D eigenvalue weighted by molar-refractivity contribution is 0.660. The molecule has 15 aromatic rings. The first-order valence-corrected chi connectivity index (χ1v) is 54.3. The highest BCUT2D eigenvalue weighted by atomic mass is 14.4. The molecule has 0 spiro atoms. The summed E-state index contributed by atoms with van der Waals surface area (Å²) in [7, 11) is 0. The zero-order chi connectivity index (χ0) is 110. The van der Waals surface area contributed by atoms with Crippen molar-refractivity contribution in [1.82, 2.24) is 0 Å². The molecule has 0 heteroatoms. The molecule has 0 amide bonds. The average Bonchev–Trinajstić information content (AvgIpc) is 1.60. The van der Waals surface area contributed by atoms with Gasteiger partial charge in [0.15, 0.2) is 0 Å². The third-order valence-corrected chi connectivity index (χ3v) is 17.3. The van der Waals surface area contributed by atoms with E-state index in [1.165, 1.54) is 96.3 Å². The molecule has 0 aliphatic heterocycles. The van der Waals surface area contributed by atoms with Gasteiger partial charge in [0.2, 0.25) is 0 Å². The number of hydrogen-bond acceptors (Lipinski definition) is 0. The molecule has 0 fully saturated rings. The van der Waals surface area contributed by atoms with Crippen LogP contribution in [-0.2, 0) is 16.2 Å². The van der Waals surface area contributed by atoms with Crippen molar-refractivity contribution in [2.24, 2.45) is 0 Å². The Morgan fingerprint density at radius 2 is 0.182 bits per heavy atom. The summed E-state index contributed by atoms with van der Waals surface area (Å²) < 4.78 is 0. The van der Waals surface area contributed by atoms with Crippen LogP contribution in [0.15, 0.2) is 455 Å². The van der Waals surface area contributed by atoms with Gasteiger partial charge in [0.1, 0.15) is 0 Å². The van der Waals surface area contributed by atoms with Gasteiger partial charge in [-0.25, -0.2) is 0 Å². The van der Waals surface area contributed by atoms with Crippen LogP contribution in [0.3, 0.4) is 0 Å². The molecule has 0 nitrogen and oxygen atoms in total. The summed E-state index contributed by atoms with van der Waals surface area (Å²) in [6.07, 6.45) is 2.50. The third kappa shape index (κ3) is 81.4. The molecule has 0 N–H and O–H groups in total. The Morgan fingerprint density at radius 1 is 0.119 bits per heavy atom. The monoisotopic (exact) mass is 1940 g/mol. The molecule has 0 unspecified atom stereocenters. The van der Waals surface area contributed by atoms with Crippen molar-refractivity contribution in [2.75, 3.05) is 0 Å². The maximum absolute atomic E-state index is 2.30. The Kier molecular flexibility index (Phi) is 153. The van der Waals surface area contributed by atoms with E-state index in [0.29, 0.717) is 0 Å². The molecule has 18 rings (SSSR count). The predicted octanol–water partition coefficient (Wildman–Crippen LogP) is 49.2. The van der Waals surface area contributed by atoms with Crippen molar-refractivity contribution < 1.29 is 0 Å². The maximum Gasteiger partial charge on any atom is 0.0158 e. The molecule has 0 heterocycles. The largest absolute Gasteiger partial charge is 0.0776 e. The van der Waals surface area contributed by atoms with Gasteiger partial charge < -0.3 is 0 Å². The molecule has 0 saturated carbocycles. The quantitative estimate of drug-likeness (QED) is 0.142. The molecule has 143 heavy (non-hydrogen) atoms. The van der Waals surface area contributed by atoms with E-state index in [-0.39, 0.29) is 38.5 Å². The summed E-state index contributed by atoms with van der Waals surface area (Å²) in [6, 6.07) is 155. The summed E-state index contributed by atoms with van der Waals surface area (Å²) in [5.74, 6) is 0. The molecule has 798 valence electrons. The predicted molar refractivity (Wildman–Crippen MR) is 678 cm³/mol. The summed E-state index contributed by atoms with van der Waals surface area (Å²) in [4.78, 5) is 0. The lowest BCUT2D eigenvalue weighted by Crippen LogP contribution is -2.14. The van der Waals surface area contributed by atoms with Gasteiger partial charge in [-0.3, -0.25) is 0 Å². The molecular formula is C143H226. The lowest BCUT2D eigenvalue weighted by atomic mass is 9.82. The van der Waals surface area contributed by atoms with Gasteiger partial charge in [-0.05, 0) is 87.5 Å². The van der Waals surface area contributed by atoms with Crippen LogP contribution in [0.5, 0.6) is 0 Å². The second kappa shape index (κ2) is 132. The number of hydrogen-bond donors (Lipinski definition) is 0. The van der Waals surface area contributed by atoms with Crippen LogP contribution in [0.25, 0.3) is 33.4 Å². The lowest BCUT2D eigenvalue weighted by Gasteiger charge is -2.20. The highest BCUT2D eigenvalue weighted by molar-refractivity contribution is 5.82. The Balaban J connectivity index is -0.0000000943. The van der Waals surface area contributed by atoms with E-state index >= 15 is 0 Å². The van der Waals surface area contributed by atoms with Gasteiger partial charge in [0.05, 0.1) is 0 Å². The number of benzene rings is 15. The number of rotatable bonds is 0. The van der Waals surface area contributed by atoms with E-state index in [0.717, 1.165) is 0 Å². The highest BCUT2D eigenvalue weighted by Crippen LogP contribution is 2.50. The van der Waals surface area contributed by atoms with Crippen LogP contribution in [-0.4, -0.2) is 0 Å². The van der Waals surface area contributed by atoms with Crippen LogP contribution in [0.4, 0.5) is 0 Å². The topological polar surface area (TPSA) is 0 Å². The van der Waals surface area contributed by atoms with E-state index in [2.05, 4.69) is 272 Å². The van der Waals surface area contributed by atoms with Crippen LogP contribution in [0, 0.1) is 20.8 Å². The van der Waals surface area contributed by atoms with Gasteiger partial charge in [-0.1, -0.05) is 798 Å². The standard InChI is InChI=1S/3C15H14.3C7H8.6C6H6.2C3H8.16C2H6.3CH4/c3*1-15(2)13-9-5-3-7-11(13)12-8-4-6-10-14(12)15;3*1-7-5-3-2-4-6-7;6*1-2-4-6-5-3-1;2*1-3-2;16*1-2;;;/h3*3-10H,1-2H3;3*2-6H,1H3;6*1-6H;2*3H2,1-2H3;16*1-2H3;3*1H4. The summed E-state index contributed by atoms with van der Waals surface area (Å²) >= 11 is 0. The Morgan fingerprint density at radius 3 is 0.252 bits per heavy atom. The first-order valence-electron chi connectivity index (χ1n) is 54.3. The highest BCUT2D eigenvalue weighted by Gasteiger charge is 2.36. The zero-order valence-corrected chi connectivity index (χ0v) is 98.7. The molecular weight excluding hydrogens is 1720 g/mol. The van der Waals surface area contributed by atoms with E-state index in [1.807, 2.05) is 495 Å².